The molecule has 6 nitrogen and oxygen atoms in total. The van der Waals surface area contributed by atoms with Crippen LogP contribution >= 0.6 is 0 Å². The summed E-state index contributed by atoms with van der Waals surface area (Å²) in [5, 5.41) is 2.71. The summed E-state index contributed by atoms with van der Waals surface area (Å²) in [6.07, 6.45) is 2.90. The summed E-state index contributed by atoms with van der Waals surface area (Å²) < 4.78 is 30.0. The molecule has 1 N–H and O–H groups in total. The van der Waals surface area contributed by atoms with Crippen LogP contribution in [0.25, 0.3) is 0 Å². The van der Waals surface area contributed by atoms with Crippen molar-refractivity contribution in [3.63, 3.8) is 0 Å². The van der Waals surface area contributed by atoms with Crippen LogP contribution in [0.1, 0.15) is 19.8 Å². The number of sulfonamides is 1. The van der Waals surface area contributed by atoms with Gasteiger partial charge in [-0.25, -0.2) is 8.42 Å². The maximum Gasteiger partial charge on any atom is 0.240 e. The van der Waals surface area contributed by atoms with E-state index in [1.54, 1.807) is 24.3 Å². The van der Waals surface area contributed by atoms with Gasteiger partial charge in [-0.2, -0.15) is 0 Å². The average Bonchev–Trinajstić information content (AvgIpc) is 2.44. The van der Waals surface area contributed by atoms with E-state index >= 15 is 0 Å². The highest BCUT2D eigenvalue weighted by molar-refractivity contribution is 7.92. The highest BCUT2D eigenvalue weighted by atomic mass is 32.2. The number of methoxy groups -OCH3 is 1. The molecule has 0 aliphatic carbocycles. The van der Waals surface area contributed by atoms with Crippen LogP contribution in [0.2, 0.25) is 0 Å². The molecule has 21 heavy (non-hydrogen) atoms. The first-order chi connectivity index (χ1) is 9.88. The second kappa shape index (κ2) is 7.87. The lowest BCUT2D eigenvalue weighted by Crippen LogP contribution is -2.40. The molecule has 0 spiro atoms. The number of carbonyl (C=O) groups is 1. The van der Waals surface area contributed by atoms with Crippen molar-refractivity contribution in [3.8, 4) is 5.75 Å². The van der Waals surface area contributed by atoms with Crippen LogP contribution < -0.4 is 14.4 Å². The summed E-state index contributed by atoms with van der Waals surface area (Å²) in [6, 6.07) is 6.61. The summed E-state index contributed by atoms with van der Waals surface area (Å²) in [5.74, 6) is 0.212. The van der Waals surface area contributed by atoms with Gasteiger partial charge in [-0.05, 0) is 18.6 Å². The molecule has 1 aromatic rings. The number of ether oxygens (including phenoxy) is 1. The maximum atomic E-state index is 11.9. The molecule has 118 valence electrons. The van der Waals surface area contributed by atoms with Crippen LogP contribution in [0.5, 0.6) is 5.75 Å². The van der Waals surface area contributed by atoms with E-state index in [-0.39, 0.29) is 12.5 Å². The minimum absolute atomic E-state index is 0.240. The number of anilines is 1. The zero-order chi connectivity index (χ0) is 15.9. The number of nitrogens with one attached hydrogen (secondary N) is 1. The normalized spacial score (nSPS) is 11.0. The van der Waals surface area contributed by atoms with Gasteiger partial charge in [0.25, 0.3) is 0 Å². The lowest BCUT2D eigenvalue weighted by Gasteiger charge is -2.22. The highest BCUT2D eigenvalue weighted by Crippen LogP contribution is 2.22. The minimum atomic E-state index is -3.55. The van der Waals surface area contributed by atoms with E-state index in [4.69, 9.17) is 4.74 Å². The Bertz CT molecular complexity index is 572. The van der Waals surface area contributed by atoms with E-state index in [9.17, 15) is 13.2 Å². The van der Waals surface area contributed by atoms with Gasteiger partial charge in [-0.15, -0.1) is 0 Å². The van der Waals surface area contributed by atoms with Gasteiger partial charge in [0.05, 0.1) is 19.1 Å². The lowest BCUT2D eigenvalue weighted by molar-refractivity contribution is -0.119. The Hall–Kier alpha value is -1.76. The van der Waals surface area contributed by atoms with Crippen molar-refractivity contribution < 1.29 is 17.9 Å². The lowest BCUT2D eigenvalue weighted by atomic mass is 10.3. The van der Waals surface area contributed by atoms with E-state index < -0.39 is 10.0 Å². The molecule has 0 radical (unpaired) electrons. The van der Waals surface area contributed by atoms with Crippen molar-refractivity contribution in [3.05, 3.63) is 24.3 Å². The van der Waals surface area contributed by atoms with Crippen LogP contribution in [0.15, 0.2) is 24.3 Å². The van der Waals surface area contributed by atoms with Crippen molar-refractivity contribution in [2.24, 2.45) is 0 Å². The van der Waals surface area contributed by atoms with E-state index in [2.05, 4.69) is 5.32 Å². The summed E-state index contributed by atoms with van der Waals surface area (Å²) >= 11 is 0. The largest absolute Gasteiger partial charge is 0.497 e. The molecule has 0 atom stereocenters. The molecule has 0 bridgehead atoms. The molecule has 0 aromatic heterocycles. The molecule has 0 saturated heterocycles. The zero-order valence-corrected chi connectivity index (χ0v) is 13.4. The molecule has 0 saturated carbocycles. The summed E-state index contributed by atoms with van der Waals surface area (Å²) in [5.41, 5.74) is 0.405. The quantitative estimate of drug-likeness (QED) is 0.736. The molecular formula is C14H22N2O4S. The fraction of sp³-hybridized carbons (Fsp3) is 0.500. The third-order valence-corrected chi connectivity index (χ3v) is 4.02. The van der Waals surface area contributed by atoms with Gasteiger partial charge >= 0.3 is 0 Å². The van der Waals surface area contributed by atoms with Gasteiger partial charge < -0.3 is 10.1 Å². The standard InChI is InChI=1S/C14H22N2O4S/c1-4-5-9-15-14(17)11-16(21(3,18)19)12-7-6-8-13(10-12)20-2/h6-8,10H,4-5,9,11H2,1-3H3,(H,15,17). The van der Waals surface area contributed by atoms with E-state index in [0.29, 0.717) is 18.0 Å². The topological polar surface area (TPSA) is 75.7 Å². The molecule has 0 unspecified atom stereocenters. The number of hydrogen-bond donors (Lipinski definition) is 1. The van der Waals surface area contributed by atoms with Gasteiger partial charge in [0, 0.05) is 12.6 Å². The average molecular weight is 314 g/mol. The van der Waals surface area contributed by atoms with Crippen LogP contribution in [-0.4, -0.2) is 40.8 Å². The van der Waals surface area contributed by atoms with Crippen LogP contribution in [0, 0.1) is 0 Å². The Balaban J connectivity index is 2.89. The van der Waals surface area contributed by atoms with Gasteiger partial charge in [0.15, 0.2) is 0 Å². The number of carbonyl (C=O) groups excluding carboxylic acids is 1. The third kappa shape index (κ3) is 5.63. The summed E-state index contributed by atoms with van der Waals surface area (Å²) in [4.78, 5) is 11.9. The Morgan fingerprint density at radius 1 is 1.38 bits per heavy atom. The van der Waals surface area contributed by atoms with Gasteiger partial charge in [0.1, 0.15) is 12.3 Å². The zero-order valence-electron chi connectivity index (χ0n) is 12.6. The Morgan fingerprint density at radius 2 is 2.10 bits per heavy atom. The molecule has 7 heteroatoms. The van der Waals surface area contributed by atoms with Crippen molar-refractivity contribution >= 4 is 21.6 Å². The fourth-order valence-corrected chi connectivity index (χ4v) is 2.60. The first-order valence-electron chi connectivity index (χ1n) is 6.77. The predicted molar refractivity (Wildman–Crippen MR) is 83.1 cm³/mol. The Morgan fingerprint density at radius 3 is 2.67 bits per heavy atom. The number of unbranched alkanes of at least 4 members (excludes halogenated alkanes) is 1. The van der Waals surface area contributed by atoms with Crippen molar-refractivity contribution in [1.29, 1.82) is 0 Å². The molecular weight excluding hydrogens is 292 g/mol. The SMILES string of the molecule is CCCCNC(=O)CN(c1cccc(OC)c1)S(C)(=O)=O. The molecule has 1 rings (SSSR count). The van der Waals surface area contributed by atoms with Gasteiger partial charge in [-0.1, -0.05) is 19.4 Å². The smallest absolute Gasteiger partial charge is 0.240 e. The fourth-order valence-electron chi connectivity index (χ4n) is 1.76. The molecule has 0 heterocycles. The first-order valence-corrected chi connectivity index (χ1v) is 8.61. The highest BCUT2D eigenvalue weighted by Gasteiger charge is 2.20. The van der Waals surface area contributed by atoms with E-state index in [1.165, 1.54) is 7.11 Å². The Labute approximate surface area is 126 Å². The van der Waals surface area contributed by atoms with Gasteiger partial charge in [0.2, 0.25) is 15.9 Å². The summed E-state index contributed by atoms with van der Waals surface area (Å²) in [6.45, 7) is 2.33. The number of amides is 1. The molecule has 0 aliphatic rings. The summed E-state index contributed by atoms with van der Waals surface area (Å²) in [7, 11) is -2.05. The Kier molecular flexibility index (Phi) is 6.48. The van der Waals surface area contributed by atoms with Crippen LogP contribution in [0.4, 0.5) is 5.69 Å². The molecule has 0 aliphatic heterocycles. The minimum Gasteiger partial charge on any atom is -0.497 e. The molecule has 1 aromatic carbocycles. The number of nitrogens with zero attached hydrogens (tertiary/aromatic N) is 1. The van der Waals surface area contributed by atoms with Crippen molar-refractivity contribution in [1.82, 2.24) is 5.32 Å². The van der Waals surface area contributed by atoms with Crippen molar-refractivity contribution in [2.75, 3.05) is 30.8 Å². The maximum absolute atomic E-state index is 11.9. The van der Waals surface area contributed by atoms with E-state index in [1.807, 2.05) is 6.92 Å². The molecule has 0 fully saturated rings. The number of hydrogen-bond acceptors (Lipinski definition) is 4. The number of rotatable bonds is 8. The third-order valence-electron chi connectivity index (χ3n) is 2.88. The van der Waals surface area contributed by atoms with Crippen LogP contribution in [0.3, 0.4) is 0 Å². The second-order valence-electron chi connectivity index (χ2n) is 4.67. The van der Waals surface area contributed by atoms with Crippen LogP contribution in [-0.2, 0) is 14.8 Å². The second-order valence-corrected chi connectivity index (χ2v) is 6.58. The monoisotopic (exact) mass is 314 g/mol. The first kappa shape index (κ1) is 17.3. The van der Waals surface area contributed by atoms with E-state index in [0.717, 1.165) is 23.4 Å². The molecule has 1 amide bonds. The van der Waals surface area contributed by atoms with Crippen molar-refractivity contribution in [2.45, 2.75) is 19.8 Å². The number of benzene rings is 1. The van der Waals surface area contributed by atoms with Gasteiger partial charge in [-0.3, -0.25) is 9.10 Å². The predicted octanol–water partition coefficient (Wildman–Crippen LogP) is 1.38.